The number of phenolic OH excluding ortho intramolecular Hbond substituents is 1. The lowest BCUT2D eigenvalue weighted by Crippen LogP contribution is -2.13. The number of aromatic hydroxyl groups is 1. The Hall–Kier alpha value is -2.97. The number of phenols is 1. The van der Waals surface area contributed by atoms with Crippen LogP contribution in [0.1, 0.15) is 10.4 Å². The summed E-state index contributed by atoms with van der Waals surface area (Å²) < 4.78 is 20.8. The molecule has 8 heteroatoms. The SMILES string of the molecule is COCCOCCOC(=O)c1c(O)ccc2nc3ccc(=O)cc-3oc12. The van der Waals surface area contributed by atoms with E-state index in [-0.39, 0.29) is 41.3 Å². The molecular formula is C18H17NO7. The number of hydrogen-bond donors (Lipinski definition) is 1. The molecule has 136 valence electrons. The molecule has 26 heavy (non-hydrogen) atoms. The van der Waals surface area contributed by atoms with Crippen molar-refractivity contribution >= 4 is 17.1 Å². The van der Waals surface area contributed by atoms with Crippen molar-refractivity contribution in [3.8, 4) is 17.2 Å². The minimum Gasteiger partial charge on any atom is -0.507 e. The van der Waals surface area contributed by atoms with Gasteiger partial charge in [-0.1, -0.05) is 0 Å². The van der Waals surface area contributed by atoms with Crippen molar-refractivity contribution in [1.29, 1.82) is 0 Å². The van der Waals surface area contributed by atoms with Crippen molar-refractivity contribution in [1.82, 2.24) is 4.98 Å². The number of benzene rings is 2. The van der Waals surface area contributed by atoms with Gasteiger partial charge in [0.2, 0.25) is 0 Å². The second-order valence-electron chi connectivity index (χ2n) is 5.39. The minimum absolute atomic E-state index is 0.00406. The van der Waals surface area contributed by atoms with Gasteiger partial charge in [0.05, 0.1) is 19.8 Å². The van der Waals surface area contributed by atoms with E-state index < -0.39 is 5.97 Å². The molecule has 1 aliphatic heterocycles. The molecule has 0 saturated carbocycles. The van der Waals surface area contributed by atoms with Gasteiger partial charge in [-0.2, -0.15) is 0 Å². The smallest absolute Gasteiger partial charge is 0.345 e. The van der Waals surface area contributed by atoms with E-state index in [0.717, 1.165) is 0 Å². The predicted molar refractivity (Wildman–Crippen MR) is 91.5 cm³/mol. The van der Waals surface area contributed by atoms with Gasteiger partial charge in [0, 0.05) is 13.2 Å². The number of ether oxygens (including phenoxy) is 3. The largest absolute Gasteiger partial charge is 0.507 e. The van der Waals surface area contributed by atoms with Gasteiger partial charge in [-0.05, 0) is 24.3 Å². The Bertz CT molecular complexity index is 950. The summed E-state index contributed by atoms with van der Waals surface area (Å²) >= 11 is 0. The molecule has 1 heterocycles. The summed E-state index contributed by atoms with van der Waals surface area (Å²) in [5, 5.41) is 10.1. The van der Waals surface area contributed by atoms with Crippen LogP contribution in [-0.2, 0) is 14.2 Å². The van der Waals surface area contributed by atoms with Crippen molar-refractivity contribution in [2.75, 3.05) is 33.5 Å². The van der Waals surface area contributed by atoms with Crippen molar-refractivity contribution in [2.24, 2.45) is 0 Å². The average molecular weight is 359 g/mol. The van der Waals surface area contributed by atoms with Crippen LogP contribution in [0.3, 0.4) is 0 Å². The topological polar surface area (TPSA) is 108 Å². The summed E-state index contributed by atoms with van der Waals surface area (Å²) in [6, 6.07) is 7.02. The fraction of sp³-hybridized carbons (Fsp3) is 0.278. The summed E-state index contributed by atoms with van der Waals surface area (Å²) in [6.07, 6.45) is 0. The van der Waals surface area contributed by atoms with Crippen LogP contribution in [0.4, 0.5) is 0 Å². The molecule has 0 atom stereocenters. The van der Waals surface area contributed by atoms with Crippen LogP contribution in [0.15, 0.2) is 39.5 Å². The van der Waals surface area contributed by atoms with Gasteiger partial charge in [0.15, 0.2) is 16.8 Å². The predicted octanol–water partition coefficient (Wildman–Crippen LogP) is 1.82. The first-order valence-electron chi connectivity index (χ1n) is 7.90. The summed E-state index contributed by atoms with van der Waals surface area (Å²) in [7, 11) is 1.56. The van der Waals surface area contributed by atoms with Crippen molar-refractivity contribution in [2.45, 2.75) is 0 Å². The molecule has 3 rings (SSSR count). The number of fused-ring (bicyclic) bond motifs is 2. The van der Waals surface area contributed by atoms with Crippen LogP contribution in [0, 0.1) is 0 Å². The number of rotatable bonds is 7. The third kappa shape index (κ3) is 3.81. The van der Waals surface area contributed by atoms with Gasteiger partial charge >= 0.3 is 5.97 Å². The maximum Gasteiger partial charge on any atom is 0.345 e. The van der Waals surface area contributed by atoms with Gasteiger partial charge in [0.25, 0.3) is 0 Å². The lowest BCUT2D eigenvalue weighted by Gasteiger charge is -2.11. The van der Waals surface area contributed by atoms with Gasteiger partial charge in [-0.15, -0.1) is 0 Å². The molecule has 0 aromatic heterocycles. The first-order valence-corrected chi connectivity index (χ1v) is 7.90. The molecule has 0 unspecified atom stereocenters. The van der Waals surface area contributed by atoms with Gasteiger partial charge < -0.3 is 23.7 Å². The number of methoxy groups -OCH3 is 1. The molecule has 1 aromatic carbocycles. The highest BCUT2D eigenvalue weighted by atomic mass is 16.6. The number of aromatic nitrogens is 1. The Morgan fingerprint density at radius 1 is 1.15 bits per heavy atom. The van der Waals surface area contributed by atoms with Gasteiger partial charge in [-0.3, -0.25) is 4.79 Å². The van der Waals surface area contributed by atoms with Crippen LogP contribution in [-0.4, -0.2) is 49.6 Å². The molecular weight excluding hydrogens is 342 g/mol. The third-order valence-corrected chi connectivity index (χ3v) is 3.60. The minimum atomic E-state index is -0.772. The van der Waals surface area contributed by atoms with Crippen LogP contribution in [0.2, 0.25) is 0 Å². The molecule has 0 amide bonds. The average Bonchev–Trinajstić information content (AvgIpc) is 2.62. The fourth-order valence-corrected chi connectivity index (χ4v) is 2.37. The van der Waals surface area contributed by atoms with Crippen LogP contribution >= 0.6 is 0 Å². The first kappa shape index (κ1) is 17.8. The maximum atomic E-state index is 12.4. The van der Waals surface area contributed by atoms with E-state index in [4.69, 9.17) is 18.6 Å². The zero-order chi connectivity index (χ0) is 18.5. The van der Waals surface area contributed by atoms with Gasteiger partial charge in [0.1, 0.15) is 29.1 Å². The van der Waals surface area contributed by atoms with E-state index in [9.17, 15) is 14.7 Å². The molecule has 0 spiro atoms. The van der Waals surface area contributed by atoms with E-state index in [1.807, 2.05) is 0 Å². The summed E-state index contributed by atoms with van der Waals surface area (Å²) in [6.45, 7) is 1.02. The first-order chi connectivity index (χ1) is 12.6. The highest BCUT2D eigenvalue weighted by Crippen LogP contribution is 2.31. The highest BCUT2D eigenvalue weighted by molar-refractivity contribution is 6.04. The van der Waals surface area contributed by atoms with E-state index in [2.05, 4.69) is 4.98 Å². The maximum absolute atomic E-state index is 12.4. The number of carbonyl (C=O) groups is 1. The second kappa shape index (κ2) is 7.94. The van der Waals surface area contributed by atoms with Crippen LogP contribution < -0.4 is 5.43 Å². The monoisotopic (exact) mass is 359 g/mol. The quantitative estimate of drug-likeness (QED) is 0.387. The summed E-state index contributed by atoms with van der Waals surface area (Å²) in [5.74, 6) is -0.856. The lowest BCUT2D eigenvalue weighted by atomic mass is 10.1. The Morgan fingerprint density at radius 2 is 1.96 bits per heavy atom. The zero-order valence-electron chi connectivity index (χ0n) is 14.1. The molecule has 1 aliphatic carbocycles. The zero-order valence-corrected chi connectivity index (χ0v) is 14.1. The molecule has 0 fully saturated rings. The van der Waals surface area contributed by atoms with Crippen molar-refractivity contribution in [3.63, 3.8) is 0 Å². The molecule has 0 radical (unpaired) electrons. The van der Waals surface area contributed by atoms with E-state index in [1.165, 1.54) is 30.3 Å². The Balaban J connectivity index is 1.87. The summed E-state index contributed by atoms with van der Waals surface area (Å²) in [5.41, 5.74) is 0.476. The number of hydrogen-bond acceptors (Lipinski definition) is 8. The fourth-order valence-electron chi connectivity index (χ4n) is 2.37. The molecule has 8 nitrogen and oxygen atoms in total. The molecule has 1 aromatic rings. The Labute approximate surface area is 148 Å². The highest BCUT2D eigenvalue weighted by Gasteiger charge is 2.21. The van der Waals surface area contributed by atoms with Crippen LogP contribution in [0.25, 0.3) is 22.6 Å². The van der Waals surface area contributed by atoms with E-state index >= 15 is 0 Å². The molecule has 0 bridgehead atoms. The number of esters is 1. The third-order valence-electron chi connectivity index (χ3n) is 3.60. The Kier molecular flexibility index (Phi) is 5.45. The number of carbonyl (C=O) groups excluding carboxylic acids is 1. The normalized spacial score (nSPS) is 11.1. The Morgan fingerprint density at radius 3 is 2.77 bits per heavy atom. The van der Waals surface area contributed by atoms with Gasteiger partial charge in [-0.25, -0.2) is 9.78 Å². The number of nitrogens with zero attached hydrogens (tertiary/aromatic N) is 1. The molecule has 2 aliphatic rings. The van der Waals surface area contributed by atoms with Crippen molar-refractivity contribution < 1.29 is 28.5 Å². The van der Waals surface area contributed by atoms with Crippen LogP contribution in [0.5, 0.6) is 5.75 Å². The standard InChI is InChI=1S/C18H17NO7/c1-23-6-7-24-8-9-25-18(22)16-14(21)5-4-13-17(16)26-15-10-11(20)2-3-12(15)19-13/h2-5,10,21H,6-9H2,1H3. The van der Waals surface area contributed by atoms with E-state index in [1.54, 1.807) is 7.11 Å². The second-order valence-corrected chi connectivity index (χ2v) is 5.39. The molecule has 0 saturated heterocycles. The van der Waals surface area contributed by atoms with E-state index in [0.29, 0.717) is 24.4 Å². The molecule has 1 N–H and O–H groups in total. The summed E-state index contributed by atoms with van der Waals surface area (Å²) in [4.78, 5) is 28.2. The van der Waals surface area contributed by atoms with Crippen molar-refractivity contribution in [3.05, 3.63) is 46.1 Å². The lowest BCUT2D eigenvalue weighted by molar-refractivity contribution is 0.0212.